The second kappa shape index (κ2) is 16.8. The molecule has 1 unspecified atom stereocenters. The lowest BCUT2D eigenvalue weighted by Gasteiger charge is -2.45. The van der Waals surface area contributed by atoms with Crippen LogP contribution < -0.4 is 19.5 Å². The predicted molar refractivity (Wildman–Crippen MR) is 197 cm³/mol. The van der Waals surface area contributed by atoms with Crippen LogP contribution in [-0.2, 0) is 37.5 Å². The number of piperidine rings is 3. The number of nitrogens with zero attached hydrogens (tertiary/aromatic N) is 2. The number of thiophene rings is 1. The number of benzene rings is 2. The first-order valence-corrected chi connectivity index (χ1v) is 18.5. The summed E-state index contributed by atoms with van der Waals surface area (Å²) in [6.07, 6.45) is 3.46. The molecular formula is C38H41Cl2N3O8S. The largest absolute Gasteiger partial charge is 0.619 e. The van der Waals surface area contributed by atoms with Gasteiger partial charge < -0.3 is 28.9 Å². The third-order valence-corrected chi connectivity index (χ3v) is 11.5. The molecule has 2 aromatic heterocycles. The van der Waals surface area contributed by atoms with Gasteiger partial charge in [-0.1, -0.05) is 59.6 Å². The molecule has 3 fully saturated rings. The number of hydrogen-bond acceptors (Lipinski definition) is 11. The first-order chi connectivity index (χ1) is 25.1. The SMILES string of the molecule is COC[C@](NCc1ccc(C(=O)OC(Cc2c(Cl)c[n+]([O-])cc2Cl)c2ccc(OC)c(OC)c2)s1)(C(=O)O[C@H]1CN2CCC1CC2)c1ccccc1. The molecule has 2 bridgehead atoms. The first kappa shape index (κ1) is 37.8. The van der Waals surface area contributed by atoms with E-state index in [2.05, 4.69) is 10.2 Å². The fourth-order valence-electron chi connectivity index (χ4n) is 6.91. The van der Waals surface area contributed by atoms with Gasteiger partial charge in [0.15, 0.2) is 29.4 Å². The molecule has 5 heterocycles. The van der Waals surface area contributed by atoms with Crippen LogP contribution in [0.25, 0.3) is 0 Å². The van der Waals surface area contributed by atoms with Crippen molar-refractivity contribution in [3.8, 4) is 11.5 Å². The summed E-state index contributed by atoms with van der Waals surface area (Å²) in [5.41, 5.74) is 0.475. The minimum absolute atomic E-state index is 0.0428. The molecule has 7 rings (SSSR count). The highest BCUT2D eigenvalue weighted by Gasteiger charge is 2.45. The van der Waals surface area contributed by atoms with Crippen LogP contribution in [0.3, 0.4) is 0 Å². The summed E-state index contributed by atoms with van der Waals surface area (Å²) in [5.74, 6) is 0.316. The van der Waals surface area contributed by atoms with E-state index in [9.17, 15) is 14.8 Å². The van der Waals surface area contributed by atoms with Crippen LogP contribution in [0, 0.1) is 11.1 Å². The normalized spacial score (nSPS) is 19.8. The second-order valence-corrected chi connectivity index (χ2v) is 14.9. The zero-order valence-corrected chi connectivity index (χ0v) is 31.5. The molecule has 0 radical (unpaired) electrons. The Bertz CT molecular complexity index is 1850. The maximum atomic E-state index is 14.2. The number of rotatable bonds is 15. The predicted octanol–water partition coefficient (Wildman–Crippen LogP) is 6.12. The van der Waals surface area contributed by atoms with Crippen molar-refractivity contribution in [3.05, 3.63) is 115 Å². The molecule has 0 saturated carbocycles. The molecule has 0 amide bonds. The summed E-state index contributed by atoms with van der Waals surface area (Å²) >= 11 is 14.1. The summed E-state index contributed by atoms with van der Waals surface area (Å²) in [4.78, 5) is 31.4. The maximum absolute atomic E-state index is 14.2. The number of nitrogens with one attached hydrogen (secondary N) is 1. The van der Waals surface area contributed by atoms with E-state index in [1.54, 1.807) is 31.4 Å². The van der Waals surface area contributed by atoms with Gasteiger partial charge in [-0.05, 0) is 67.2 Å². The molecule has 3 aliphatic rings. The fourth-order valence-corrected chi connectivity index (χ4v) is 8.34. The van der Waals surface area contributed by atoms with Crippen LogP contribution in [0.2, 0.25) is 10.0 Å². The lowest BCUT2D eigenvalue weighted by Crippen LogP contribution is -2.57. The van der Waals surface area contributed by atoms with Gasteiger partial charge in [-0.15, -0.1) is 11.3 Å². The highest BCUT2D eigenvalue weighted by molar-refractivity contribution is 7.13. The van der Waals surface area contributed by atoms with Gasteiger partial charge in [0.1, 0.15) is 27.1 Å². The summed E-state index contributed by atoms with van der Waals surface area (Å²) in [7, 11) is 4.60. The smallest absolute Gasteiger partial charge is 0.348 e. The number of carbonyl (C=O) groups excluding carboxylic acids is 2. The molecule has 1 N–H and O–H groups in total. The quantitative estimate of drug-likeness (QED) is 0.0861. The zero-order chi connectivity index (χ0) is 36.8. The molecule has 52 heavy (non-hydrogen) atoms. The monoisotopic (exact) mass is 769 g/mol. The van der Waals surface area contributed by atoms with Gasteiger partial charge in [-0.3, -0.25) is 10.2 Å². The Morgan fingerprint density at radius 3 is 2.35 bits per heavy atom. The Kier molecular flexibility index (Phi) is 12.2. The Labute approximate surface area is 316 Å². The van der Waals surface area contributed by atoms with E-state index in [0.29, 0.717) is 38.2 Å². The molecule has 3 saturated heterocycles. The van der Waals surface area contributed by atoms with Gasteiger partial charge in [-0.25, -0.2) is 9.59 Å². The molecule has 0 spiro atoms. The molecule has 2 aromatic carbocycles. The molecule has 0 aliphatic carbocycles. The Hall–Kier alpha value is -3.91. The average Bonchev–Trinajstić information content (AvgIpc) is 3.64. The van der Waals surface area contributed by atoms with Gasteiger partial charge in [0.05, 0.1) is 20.8 Å². The van der Waals surface area contributed by atoms with Crippen molar-refractivity contribution < 1.29 is 38.0 Å². The molecule has 4 aromatic rings. The number of aromatic nitrogens is 1. The molecule has 276 valence electrons. The standard InChI is InChI=1S/C38H41Cl2N3O8S/c1-47-23-38(26-7-5-4-6-8-26,37(45)51-34-22-42-15-13-24(34)14-16-42)41-19-27-10-12-35(52-27)36(44)50-32(18-28-29(39)20-43(46)21-30(28)40)25-9-11-31(48-2)33(17-25)49-3/h4-12,17,20-21,24,32,34,41H,13-16,18-19,22-23H2,1-3H3/t32?,34-,38+/m0/s1. The van der Waals surface area contributed by atoms with Crippen LogP contribution in [0.5, 0.6) is 11.5 Å². The number of fused-ring (bicyclic) bond motifs is 3. The Morgan fingerprint density at radius 1 is 1.00 bits per heavy atom. The van der Waals surface area contributed by atoms with E-state index in [1.165, 1.54) is 38.0 Å². The van der Waals surface area contributed by atoms with Crippen molar-refractivity contribution in [1.82, 2.24) is 10.2 Å². The van der Waals surface area contributed by atoms with Gasteiger partial charge in [0.2, 0.25) is 0 Å². The highest BCUT2D eigenvalue weighted by atomic mass is 35.5. The third-order valence-electron chi connectivity index (χ3n) is 9.73. The van der Waals surface area contributed by atoms with Crippen molar-refractivity contribution in [2.75, 3.05) is 47.6 Å². The van der Waals surface area contributed by atoms with Gasteiger partial charge in [0, 0.05) is 37.1 Å². The van der Waals surface area contributed by atoms with Crippen LogP contribution in [0.15, 0.2) is 73.1 Å². The van der Waals surface area contributed by atoms with Crippen LogP contribution in [0.1, 0.15) is 50.2 Å². The molecular weight excluding hydrogens is 729 g/mol. The molecule has 3 atom stereocenters. The fraction of sp³-hybridized carbons (Fsp3) is 0.395. The number of esters is 2. The number of methoxy groups -OCH3 is 3. The average molecular weight is 771 g/mol. The van der Waals surface area contributed by atoms with E-state index in [1.807, 2.05) is 36.4 Å². The Morgan fingerprint density at radius 2 is 1.71 bits per heavy atom. The van der Waals surface area contributed by atoms with Crippen LogP contribution in [0.4, 0.5) is 0 Å². The number of halogens is 2. The van der Waals surface area contributed by atoms with E-state index in [4.69, 9.17) is 46.9 Å². The number of carbonyl (C=O) groups is 2. The van der Waals surface area contributed by atoms with E-state index < -0.39 is 23.6 Å². The summed E-state index contributed by atoms with van der Waals surface area (Å²) < 4.78 is 29.4. The zero-order valence-electron chi connectivity index (χ0n) is 29.1. The number of ether oxygens (including phenoxy) is 5. The van der Waals surface area contributed by atoms with E-state index in [0.717, 1.165) is 42.9 Å². The Balaban J connectivity index is 1.23. The lowest BCUT2D eigenvalue weighted by atomic mass is 9.85. The second-order valence-electron chi connectivity index (χ2n) is 12.9. The number of hydrogen-bond donors (Lipinski definition) is 1. The third kappa shape index (κ3) is 8.33. The first-order valence-electron chi connectivity index (χ1n) is 16.9. The molecule has 14 heteroatoms. The van der Waals surface area contributed by atoms with Crippen molar-refractivity contribution >= 4 is 46.5 Å². The summed E-state index contributed by atoms with van der Waals surface area (Å²) in [6.45, 7) is 3.09. The van der Waals surface area contributed by atoms with E-state index >= 15 is 0 Å². The molecule has 3 aliphatic heterocycles. The van der Waals surface area contributed by atoms with E-state index in [-0.39, 0.29) is 35.7 Å². The van der Waals surface area contributed by atoms with Crippen molar-refractivity contribution in [2.45, 2.75) is 43.6 Å². The highest BCUT2D eigenvalue weighted by Crippen LogP contribution is 2.37. The lowest BCUT2D eigenvalue weighted by molar-refractivity contribution is -0.605. The van der Waals surface area contributed by atoms with Gasteiger partial charge in [-0.2, -0.15) is 4.73 Å². The van der Waals surface area contributed by atoms with Crippen LogP contribution in [-0.4, -0.2) is 70.5 Å². The van der Waals surface area contributed by atoms with Crippen LogP contribution >= 0.6 is 34.5 Å². The van der Waals surface area contributed by atoms with Crippen molar-refractivity contribution in [1.29, 1.82) is 0 Å². The number of pyridine rings is 1. The summed E-state index contributed by atoms with van der Waals surface area (Å²) in [6, 6.07) is 18.1. The minimum atomic E-state index is -1.29. The van der Waals surface area contributed by atoms with Crippen molar-refractivity contribution in [3.63, 3.8) is 0 Å². The topological polar surface area (TPSA) is 122 Å². The minimum Gasteiger partial charge on any atom is -0.619 e. The maximum Gasteiger partial charge on any atom is 0.348 e. The molecule has 11 nitrogen and oxygen atoms in total. The van der Waals surface area contributed by atoms with Gasteiger partial charge in [0.25, 0.3) is 0 Å². The van der Waals surface area contributed by atoms with Gasteiger partial charge >= 0.3 is 11.9 Å². The van der Waals surface area contributed by atoms with Crippen molar-refractivity contribution in [2.24, 2.45) is 5.92 Å². The summed E-state index contributed by atoms with van der Waals surface area (Å²) in [5, 5.41) is 15.6.